The van der Waals surface area contributed by atoms with E-state index >= 15 is 0 Å². The number of aromatic nitrogens is 2. The SMILES string of the molecule is COc1ccc(NC(=O)c2cnc([C@@H]3CCN(C(=O)COc4ccccc4)C3)nc2C)cc1. The van der Waals surface area contributed by atoms with Gasteiger partial charge in [0.15, 0.2) is 6.61 Å². The van der Waals surface area contributed by atoms with Crippen LogP contribution < -0.4 is 14.8 Å². The fraction of sp³-hybridized carbons (Fsp3) is 0.280. The summed E-state index contributed by atoms with van der Waals surface area (Å²) in [4.78, 5) is 36.0. The quantitative estimate of drug-likeness (QED) is 0.598. The average Bonchev–Trinajstić information content (AvgIpc) is 3.34. The highest BCUT2D eigenvalue weighted by molar-refractivity contribution is 6.04. The monoisotopic (exact) mass is 446 g/mol. The minimum atomic E-state index is -0.273. The Hall–Kier alpha value is -3.94. The molecule has 0 aliphatic carbocycles. The van der Waals surface area contributed by atoms with Crippen LogP contribution in [0.4, 0.5) is 5.69 Å². The molecular formula is C25H26N4O4. The number of carbonyl (C=O) groups excluding carboxylic acids is 2. The van der Waals surface area contributed by atoms with Crippen molar-refractivity contribution < 1.29 is 19.1 Å². The second-order valence-electron chi connectivity index (χ2n) is 7.84. The Morgan fingerprint density at radius 1 is 1.09 bits per heavy atom. The average molecular weight is 447 g/mol. The first-order valence-electron chi connectivity index (χ1n) is 10.8. The molecule has 1 fully saturated rings. The molecule has 4 rings (SSSR count). The van der Waals surface area contributed by atoms with Crippen molar-refractivity contribution in [3.05, 3.63) is 77.9 Å². The molecule has 2 amide bonds. The van der Waals surface area contributed by atoms with Crippen molar-refractivity contribution in [2.45, 2.75) is 19.3 Å². The maximum absolute atomic E-state index is 12.7. The summed E-state index contributed by atoms with van der Waals surface area (Å²) in [5, 5.41) is 2.85. The maximum atomic E-state index is 12.7. The molecule has 0 saturated carbocycles. The van der Waals surface area contributed by atoms with Crippen LogP contribution >= 0.6 is 0 Å². The topological polar surface area (TPSA) is 93.7 Å². The molecule has 8 nitrogen and oxygen atoms in total. The molecule has 0 bridgehead atoms. The number of methoxy groups -OCH3 is 1. The van der Waals surface area contributed by atoms with Crippen LogP contribution in [0.15, 0.2) is 60.8 Å². The lowest BCUT2D eigenvalue weighted by Gasteiger charge is -2.17. The van der Waals surface area contributed by atoms with Crippen LogP contribution in [-0.2, 0) is 4.79 Å². The lowest BCUT2D eigenvalue weighted by Crippen LogP contribution is -2.33. The number of para-hydroxylation sites is 1. The smallest absolute Gasteiger partial charge is 0.260 e. The molecule has 0 radical (unpaired) electrons. The third-order valence-corrected chi connectivity index (χ3v) is 5.60. The first kappa shape index (κ1) is 22.3. The molecule has 1 aromatic heterocycles. The number of anilines is 1. The zero-order chi connectivity index (χ0) is 23.2. The second kappa shape index (κ2) is 10.1. The maximum Gasteiger partial charge on any atom is 0.260 e. The van der Waals surface area contributed by atoms with E-state index in [-0.39, 0.29) is 24.3 Å². The largest absolute Gasteiger partial charge is 0.497 e. The number of nitrogens with one attached hydrogen (secondary N) is 1. The van der Waals surface area contributed by atoms with Gasteiger partial charge >= 0.3 is 0 Å². The van der Waals surface area contributed by atoms with E-state index in [1.807, 2.05) is 30.3 Å². The lowest BCUT2D eigenvalue weighted by atomic mass is 10.1. The third kappa shape index (κ3) is 5.46. The Morgan fingerprint density at radius 3 is 2.55 bits per heavy atom. The Balaban J connectivity index is 1.34. The number of benzene rings is 2. The van der Waals surface area contributed by atoms with Gasteiger partial charge in [-0.05, 0) is 49.7 Å². The van der Waals surface area contributed by atoms with E-state index in [1.54, 1.807) is 49.4 Å². The molecule has 1 aliphatic rings. The Bertz CT molecular complexity index is 1120. The molecule has 0 spiro atoms. The third-order valence-electron chi connectivity index (χ3n) is 5.60. The van der Waals surface area contributed by atoms with Crippen LogP contribution in [0.1, 0.15) is 34.2 Å². The zero-order valence-corrected chi connectivity index (χ0v) is 18.7. The molecule has 8 heteroatoms. The number of amides is 2. The highest BCUT2D eigenvalue weighted by Gasteiger charge is 2.29. The van der Waals surface area contributed by atoms with E-state index in [2.05, 4.69) is 15.3 Å². The van der Waals surface area contributed by atoms with Crippen molar-refractivity contribution in [1.29, 1.82) is 0 Å². The Morgan fingerprint density at radius 2 is 1.85 bits per heavy atom. The molecule has 1 aliphatic heterocycles. The van der Waals surface area contributed by atoms with Gasteiger partial charge in [0.05, 0.1) is 18.4 Å². The number of hydrogen-bond donors (Lipinski definition) is 1. The molecular weight excluding hydrogens is 420 g/mol. The van der Waals surface area contributed by atoms with Crippen molar-refractivity contribution in [1.82, 2.24) is 14.9 Å². The van der Waals surface area contributed by atoms with Crippen molar-refractivity contribution in [2.75, 3.05) is 32.1 Å². The van der Waals surface area contributed by atoms with Crippen LogP contribution in [0.3, 0.4) is 0 Å². The summed E-state index contributed by atoms with van der Waals surface area (Å²) >= 11 is 0. The number of carbonyl (C=O) groups is 2. The fourth-order valence-corrected chi connectivity index (χ4v) is 3.73. The summed E-state index contributed by atoms with van der Waals surface area (Å²) in [6.45, 7) is 2.96. The van der Waals surface area contributed by atoms with E-state index in [0.717, 1.165) is 6.42 Å². The molecule has 33 heavy (non-hydrogen) atoms. The van der Waals surface area contributed by atoms with Gasteiger partial charge in [-0.25, -0.2) is 9.97 Å². The molecule has 1 saturated heterocycles. The zero-order valence-electron chi connectivity index (χ0n) is 18.7. The number of nitrogens with zero attached hydrogens (tertiary/aromatic N) is 3. The van der Waals surface area contributed by atoms with Crippen LogP contribution in [0.25, 0.3) is 0 Å². The van der Waals surface area contributed by atoms with Gasteiger partial charge in [-0.1, -0.05) is 18.2 Å². The van der Waals surface area contributed by atoms with Gasteiger partial charge in [0.2, 0.25) is 0 Å². The number of hydrogen-bond acceptors (Lipinski definition) is 6. The fourth-order valence-electron chi connectivity index (χ4n) is 3.73. The van der Waals surface area contributed by atoms with E-state index < -0.39 is 0 Å². The number of likely N-dealkylation sites (tertiary alicyclic amines) is 1. The van der Waals surface area contributed by atoms with Crippen LogP contribution in [-0.4, -0.2) is 53.5 Å². The van der Waals surface area contributed by atoms with Gasteiger partial charge in [-0.15, -0.1) is 0 Å². The van der Waals surface area contributed by atoms with Crippen LogP contribution in [0.2, 0.25) is 0 Å². The van der Waals surface area contributed by atoms with E-state index in [9.17, 15) is 9.59 Å². The Labute approximate surface area is 192 Å². The van der Waals surface area contributed by atoms with Crippen LogP contribution in [0.5, 0.6) is 11.5 Å². The first-order chi connectivity index (χ1) is 16.0. The van der Waals surface area contributed by atoms with Crippen molar-refractivity contribution >= 4 is 17.5 Å². The van der Waals surface area contributed by atoms with Gasteiger partial charge in [0.25, 0.3) is 11.8 Å². The normalized spacial score (nSPS) is 15.2. The van der Waals surface area contributed by atoms with Gasteiger partial charge in [-0.3, -0.25) is 9.59 Å². The van der Waals surface area contributed by atoms with E-state index in [1.165, 1.54) is 0 Å². The van der Waals surface area contributed by atoms with E-state index in [4.69, 9.17) is 9.47 Å². The van der Waals surface area contributed by atoms with Gasteiger partial charge in [0.1, 0.15) is 17.3 Å². The van der Waals surface area contributed by atoms with Crippen molar-refractivity contribution in [2.24, 2.45) is 0 Å². The molecule has 2 aromatic carbocycles. The summed E-state index contributed by atoms with van der Waals surface area (Å²) in [6, 6.07) is 16.4. The standard InChI is InChI=1S/C25H26N4O4/c1-17-22(25(31)28-19-8-10-20(32-2)11-9-19)14-26-24(27-17)18-12-13-29(15-18)23(30)16-33-21-6-4-3-5-7-21/h3-11,14,18H,12-13,15-16H2,1-2H3,(H,28,31)/t18-/m1/s1. The summed E-state index contributed by atoms with van der Waals surface area (Å²) < 4.78 is 10.7. The second-order valence-corrected chi connectivity index (χ2v) is 7.84. The van der Waals surface area contributed by atoms with Crippen molar-refractivity contribution in [3.63, 3.8) is 0 Å². The molecule has 3 aromatic rings. The summed E-state index contributed by atoms with van der Waals surface area (Å²) in [5.41, 5.74) is 1.67. The minimum Gasteiger partial charge on any atom is -0.497 e. The summed E-state index contributed by atoms with van der Waals surface area (Å²) in [7, 11) is 1.59. The van der Waals surface area contributed by atoms with Gasteiger partial charge < -0.3 is 19.7 Å². The van der Waals surface area contributed by atoms with Crippen LogP contribution in [0, 0.1) is 6.92 Å². The highest BCUT2D eigenvalue weighted by atomic mass is 16.5. The van der Waals surface area contributed by atoms with Gasteiger partial charge in [0, 0.05) is 30.9 Å². The predicted molar refractivity (Wildman–Crippen MR) is 124 cm³/mol. The lowest BCUT2D eigenvalue weighted by molar-refractivity contribution is -0.132. The number of aryl methyl sites for hydroxylation is 1. The molecule has 170 valence electrons. The molecule has 1 N–H and O–H groups in total. The van der Waals surface area contributed by atoms with E-state index in [0.29, 0.717) is 47.4 Å². The van der Waals surface area contributed by atoms with Crippen molar-refractivity contribution in [3.8, 4) is 11.5 Å². The number of rotatable bonds is 7. The first-order valence-corrected chi connectivity index (χ1v) is 10.8. The summed E-state index contributed by atoms with van der Waals surface area (Å²) in [5.74, 6) is 1.73. The number of ether oxygens (including phenoxy) is 2. The van der Waals surface area contributed by atoms with Gasteiger partial charge in [-0.2, -0.15) is 0 Å². The predicted octanol–water partition coefficient (Wildman–Crippen LogP) is 3.44. The Kier molecular flexibility index (Phi) is 6.83. The summed E-state index contributed by atoms with van der Waals surface area (Å²) in [6.07, 6.45) is 2.33. The minimum absolute atomic E-state index is 0.00108. The molecule has 2 heterocycles. The molecule has 0 unspecified atom stereocenters. The molecule has 1 atom stereocenters. The highest BCUT2D eigenvalue weighted by Crippen LogP contribution is 2.25.